The van der Waals surface area contributed by atoms with Gasteiger partial charge in [0, 0.05) is 17.0 Å². The lowest BCUT2D eigenvalue weighted by Gasteiger charge is -2.13. The Morgan fingerprint density at radius 2 is 1.78 bits per heavy atom. The molecule has 0 fully saturated rings. The number of alkyl halides is 3. The van der Waals surface area contributed by atoms with Gasteiger partial charge in [0.25, 0.3) is 11.8 Å². The van der Waals surface area contributed by atoms with Gasteiger partial charge < -0.3 is 10.1 Å². The van der Waals surface area contributed by atoms with E-state index < -0.39 is 39.1 Å². The van der Waals surface area contributed by atoms with Gasteiger partial charge in [-0.2, -0.15) is 13.2 Å². The van der Waals surface area contributed by atoms with Crippen molar-refractivity contribution in [2.24, 2.45) is 0 Å². The summed E-state index contributed by atoms with van der Waals surface area (Å²) in [5.41, 5.74) is -2.01. The lowest BCUT2D eigenvalue weighted by atomic mass is 10.2. The average molecular weight is 506 g/mol. The second-order valence-electron chi connectivity index (χ2n) is 6.38. The maximum absolute atomic E-state index is 13.1. The quantitative estimate of drug-likeness (QED) is 0.508. The highest BCUT2D eigenvalue weighted by molar-refractivity contribution is 7.90. The summed E-state index contributed by atoms with van der Waals surface area (Å²) >= 11 is 11.8. The first kappa shape index (κ1) is 23.8. The fraction of sp³-hybridized carbons (Fsp3) is 0.105. The third kappa shape index (κ3) is 5.67. The second kappa shape index (κ2) is 8.93. The van der Waals surface area contributed by atoms with Crippen LogP contribution >= 0.6 is 23.2 Å². The van der Waals surface area contributed by atoms with Gasteiger partial charge in [-0.25, -0.2) is 8.42 Å². The van der Waals surface area contributed by atoms with Gasteiger partial charge in [-0.15, -0.1) is 10.2 Å². The molecular formula is C19H12Cl2F3N3O4S. The minimum atomic E-state index is -4.88. The van der Waals surface area contributed by atoms with Crippen molar-refractivity contribution >= 4 is 44.6 Å². The van der Waals surface area contributed by atoms with E-state index in [1.54, 1.807) is 0 Å². The number of carbonyl (C=O) groups excluding carboxylic acids is 1. The zero-order valence-electron chi connectivity index (χ0n) is 15.9. The number of halogens is 5. The van der Waals surface area contributed by atoms with Crippen LogP contribution in [0, 0.1) is 0 Å². The van der Waals surface area contributed by atoms with Gasteiger partial charge in [0.15, 0.2) is 15.5 Å². The molecule has 7 nitrogen and oxygen atoms in total. The Morgan fingerprint density at radius 3 is 2.41 bits per heavy atom. The predicted molar refractivity (Wildman–Crippen MR) is 111 cm³/mol. The first-order chi connectivity index (χ1) is 14.8. The van der Waals surface area contributed by atoms with E-state index in [-0.39, 0.29) is 26.4 Å². The molecule has 1 aromatic heterocycles. The van der Waals surface area contributed by atoms with Crippen LogP contribution in [0.2, 0.25) is 10.0 Å². The highest BCUT2D eigenvalue weighted by Gasteiger charge is 2.35. The number of hydrogen-bond acceptors (Lipinski definition) is 6. The van der Waals surface area contributed by atoms with Crippen LogP contribution in [0.5, 0.6) is 11.6 Å². The fourth-order valence-electron chi connectivity index (χ4n) is 2.42. The first-order valence-electron chi connectivity index (χ1n) is 8.54. The van der Waals surface area contributed by atoms with E-state index in [2.05, 4.69) is 15.5 Å². The molecule has 3 rings (SSSR count). The van der Waals surface area contributed by atoms with Crippen molar-refractivity contribution in [3.63, 3.8) is 0 Å². The minimum Gasteiger partial charge on any atom is -0.435 e. The summed E-state index contributed by atoms with van der Waals surface area (Å²) in [6.45, 7) is 0. The molecule has 0 saturated heterocycles. The molecule has 0 spiro atoms. The molecule has 13 heteroatoms. The number of rotatable bonds is 5. The molecule has 0 aliphatic heterocycles. The van der Waals surface area contributed by atoms with Crippen molar-refractivity contribution in [1.82, 2.24) is 10.2 Å². The molecule has 0 aliphatic rings. The average Bonchev–Trinajstić information content (AvgIpc) is 2.69. The summed E-state index contributed by atoms with van der Waals surface area (Å²) < 4.78 is 68.2. The summed E-state index contributed by atoms with van der Waals surface area (Å²) in [6.07, 6.45) is -3.91. The Balaban J connectivity index is 2.01. The molecule has 1 N–H and O–H groups in total. The van der Waals surface area contributed by atoms with E-state index in [1.807, 2.05) is 0 Å². The van der Waals surface area contributed by atoms with Crippen molar-refractivity contribution in [1.29, 1.82) is 0 Å². The minimum absolute atomic E-state index is 0.0198. The normalized spacial score (nSPS) is 11.8. The van der Waals surface area contributed by atoms with E-state index in [9.17, 15) is 26.4 Å². The Bertz CT molecular complexity index is 1300. The van der Waals surface area contributed by atoms with E-state index in [1.165, 1.54) is 36.4 Å². The van der Waals surface area contributed by atoms with Crippen LogP contribution in [0.1, 0.15) is 16.1 Å². The van der Waals surface area contributed by atoms with Gasteiger partial charge in [0.2, 0.25) is 0 Å². The zero-order chi connectivity index (χ0) is 23.7. The third-order valence-corrected chi connectivity index (χ3v) is 5.56. The van der Waals surface area contributed by atoms with Gasteiger partial charge in [-0.05, 0) is 42.5 Å². The fourth-order valence-corrected chi connectivity index (χ4v) is 3.54. The Labute approximate surface area is 190 Å². The molecule has 0 atom stereocenters. The van der Waals surface area contributed by atoms with Crippen LogP contribution < -0.4 is 10.1 Å². The van der Waals surface area contributed by atoms with E-state index >= 15 is 0 Å². The van der Waals surface area contributed by atoms with Crippen LogP contribution in [-0.4, -0.2) is 30.8 Å². The van der Waals surface area contributed by atoms with Crippen molar-refractivity contribution < 1.29 is 31.1 Å². The van der Waals surface area contributed by atoms with E-state index in [0.29, 0.717) is 6.07 Å². The predicted octanol–water partition coefficient (Wildman–Crippen LogP) is 5.25. The molecule has 32 heavy (non-hydrogen) atoms. The molecule has 0 saturated carbocycles. The van der Waals surface area contributed by atoms with E-state index in [0.717, 1.165) is 12.3 Å². The maximum Gasteiger partial charge on any atom is 0.435 e. The number of aromatic nitrogens is 2. The summed E-state index contributed by atoms with van der Waals surface area (Å²) in [7, 11) is -3.58. The molecule has 3 aromatic rings. The second-order valence-corrected chi connectivity index (χ2v) is 9.24. The largest absolute Gasteiger partial charge is 0.435 e. The number of hydrogen-bond donors (Lipinski definition) is 1. The molecule has 0 radical (unpaired) electrons. The number of nitrogens with zero attached hydrogens (tertiary/aromatic N) is 2. The standard InChI is InChI=1S/C19H12Cl2F3N3O4S/c1-32(29,30)12-4-2-3-11(8-12)25-17(28)13-9-16(19(22,23)24)26-27-18(13)31-15-6-5-10(20)7-14(15)21/h2-9H,1H3,(H,25,28). The number of sulfone groups is 1. The van der Waals surface area contributed by atoms with Crippen LogP contribution in [0.15, 0.2) is 53.4 Å². The Hall–Kier alpha value is -2.89. The first-order valence-corrected chi connectivity index (χ1v) is 11.2. The van der Waals surface area contributed by atoms with Crippen molar-refractivity contribution in [2.45, 2.75) is 11.1 Å². The van der Waals surface area contributed by atoms with Gasteiger partial charge in [-0.3, -0.25) is 4.79 Å². The van der Waals surface area contributed by atoms with Gasteiger partial charge in [-0.1, -0.05) is 29.3 Å². The molecule has 0 aliphatic carbocycles. The van der Waals surface area contributed by atoms with Crippen molar-refractivity contribution in [3.05, 3.63) is 69.8 Å². The van der Waals surface area contributed by atoms with Gasteiger partial charge in [0.05, 0.1) is 9.92 Å². The van der Waals surface area contributed by atoms with Gasteiger partial charge in [0.1, 0.15) is 11.3 Å². The number of nitrogens with one attached hydrogen (secondary N) is 1. The molecule has 0 bridgehead atoms. The molecule has 1 amide bonds. The van der Waals surface area contributed by atoms with Crippen molar-refractivity contribution in [2.75, 3.05) is 11.6 Å². The van der Waals surface area contributed by atoms with Gasteiger partial charge >= 0.3 is 6.18 Å². The number of ether oxygens (including phenoxy) is 1. The van der Waals surface area contributed by atoms with Crippen LogP contribution in [-0.2, 0) is 16.0 Å². The van der Waals surface area contributed by atoms with Crippen LogP contribution in [0.4, 0.5) is 18.9 Å². The van der Waals surface area contributed by atoms with Crippen LogP contribution in [0.3, 0.4) is 0 Å². The third-order valence-electron chi connectivity index (χ3n) is 3.92. The van der Waals surface area contributed by atoms with Crippen LogP contribution in [0.25, 0.3) is 0 Å². The molecular weight excluding hydrogens is 494 g/mol. The lowest BCUT2D eigenvalue weighted by Crippen LogP contribution is -2.18. The SMILES string of the molecule is CS(=O)(=O)c1cccc(NC(=O)c2cc(C(F)(F)F)nnc2Oc2ccc(Cl)cc2Cl)c1. The number of anilines is 1. The summed E-state index contributed by atoms with van der Waals surface area (Å²) in [5.74, 6) is -1.63. The maximum atomic E-state index is 13.1. The molecule has 168 valence electrons. The monoisotopic (exact) mass is 505 g/mol. The number of amides is 1. The zero-order valence-corrected chi connectivity index (χ0v) is 18.3. The number of benzene rings is 2. The summed E-state index contributed by atoms with van der Waals surface area (Å²) in [4.78, 5) is 12.7. The highest BCUT2D eigenvalue weighted by atomic mass is 35.5. The Kier molecular flexibility index (Phi) is 6.63. The summed E-state index contributed by atoms with van der Waals surface area (Å²) in [6, 6.07) is 9.72. The molecule has 1 heterocycles. The lowest BCUT2D eigenvalue weighted by molar-refractivity contribution is -0.141. The number of carbonyl (C=O) groups is 1. The van der Waals surface area contributed by atoms with E-state index in [4.69, 9.17) is 27.9 Å². The smallest absolute Gasteiger partial charge is 0.435 e. The summed E-state index contributed by atoms with van der Waals surface area (Å²) in [5, 5.41) is 9.07. The molecule has 0 unspecified atom stereocenters. The van der Waals surface area contributed by atoms with Crippen molar-refractivity contribution in [3.8, 4) is 11.6 Å². The molecule has 2 aromatic carbocycles. The highest BCUT2D eigenvalue weighted by Crippen LogP contribution is 2.34. The topological polar surface area (TPSA) is 98.2 Å². The Morgan fingerprint density at radius 1 is 1.06 bits per heavy atom.